The first kappa shape index (κ1) is 10.3. The van der Waals surface area contributed by atoms with Crippen molar-refractivity contribution in [1.82, 2.24) is 15.8 Å². The van der Waals surface area contributed by atoms with Crippen LogP contribution in [0.2, 0.25) is 0 Å². The van der Waals surface area contributed by atoms with Gasteiger partial charge in [-0.05, 0) is 6.54 Å². The number of ether oxygens (including phenoxy) is 1. The Morgan fingerprint density at radius 2 is 2.25 bits per heavy atom. The number of nitrogens with zero attached hydrogens (tertiary/aromatic N) is 1. The highest BCUT2D eigenvalue weighted by atomic mass is 32.1. The summed E-state index contributed by atoms with van der Waals surface area (Å²) in [5.41, 5.74) is 6.35. The van der Waals surface area contributed by atoms with Crippen LogP contribution < -0.4 is 10.9 Å². The lowest BCUT2D eigenvalue weighted by molar-refractivity contribution is 0.146. The lowest BCUT2D eigenvalue weighted by Gasteiger charge is -2.23. The van der Waals surface area contributed by atoms with E-state index in [2.05, 4.69) is 35.3 Å². The van der Waals surface area contributed by atoms with Gasteiger partial charge in [-0.15, -0.1) is 12.6 Å². The number of hydrogen-bond donors (Lipinski definition) is 3. The van der Waals surface area contributed by atoms with E-state index in [-0.39, 0.29) is 5.50 Å². The Labute approximate surface area is 79.0 Å². The van der Waals surface area contributed by atoms with Gasteiger partial charge in [0, 0.05) is 20.1 Å². The molecule has 1 aliphatic heterocycles. The first-order chi connectivity index (χ1) is 5.79. The van der Waals surface area contributed by atoms with E-state index in [1.54, 1.807) is 7.11 Å². The molecule has 5 heteroatoms. The lowest BCUT2D eigenvalue weighted by Crippen LogP contribution is -2.38. The number of methoxy groups -OCH3 is 1. The van der Waals surface area contributed by atoms with E-state index < -0.39 is 0 Å². The average Bonchev–Trinajstić information content (AvgIpc) is 2.43. The Hall–Kier alpha value is 0.190. The molecule has 0 radical (unpaired) electrons. The Bertz CT molecular complexity index is 136. The Morgan fingerprint density at radius 3 is 2.83 bits per heavy atom. The number of nitrogens with one attached hydrogen (secondary N) is 2. The number of thiol groups is 1. The Balaban J connectivity index is 2.32. The van der Waals surface area contributed by atoms with Gasteiger partial charge in [0.2, 0.25) is 0 Å². The van der Waals surface area contributed by atoms with Crippen molar-refractivity contribution >= 4 is 12.6 Å². The molecule has 0 aromatic heterocycles. The van der Waals surface area contributed by atoms with Crippen LogP contribution in [0, 0.1) is 0 Å². The van der Waals surface area contributed by atoms with Crippen molar-refractivity contribution in [1.29, 1.82) is 0 Å². The lowest BCUT2D eigenvalue weighted by atomic mass is 10.3. The minimum atomic E-state index is 0.122. The second-order valence-corrected chi connectivity index (χ2v) is 3.28. The molecule has 72 valence electrons. The summed E-state index contributed by atoms with van der Waals surface area (Å²) in [5, 5.41) is 0. The molecule has 12 heavy (non-hydrogen) atoms. The van der Waals surface area contributed by atoms with Crippen molar-refractivity contribution in [2.75, 3.05) is 20.3 Å². The van der Waals surface area contributed by atoms with E-state index in [0.717, 1.165) is 19.6 Å². The molecule has 0 aliphatic carbocycles. The van der Waals surface area contributed by atoms with Crippen LogP contribution in [0.1, 0.15) is 13.3 Å². The number of hydrogen-bond acceptors (Lipinski definition) is 5. The van der Waals surface area contributed by atoms with Crippen LogP contribution in [-0.4, -0.2) is 36.8 Å². The van der Waals surface area contributed by atoms with E-state index in [1.807, 2.05) is 0 Å². The summed E-state index contributed by atoms with van der Waals surface area (Å²) in [6.45, 7) is 3.89. The molecule has 1 heterocycles. The third kappa shape index (κ3) is 2.34. The predicted molar refractivity (Wildman–Crippen MR) is 51.7 cm³/mol. The summed E-state index contributed by atoms with van der Waals surface area (Å²) in [4.78, 5) is 2.24. The van der Waals surface area contributed by atoms with Gasteiger partial charge in [0.1, 0.15) is 5.50 Å². The molecule has 2 N–H and O–H groups in total. The molecule has 0 amide bonds. The van der Waals surface area contributed by atoms with Gasteiger partial charge in [-0.25, -0.2) is 10.9 Å². The van der Waals surface area contributed by atoms with Crippen LogP contribution in [0.4, 0.5) is 0 Å². The quantitative estimate of drug-likeness (QED) is 0.546. The molecule has 1 rings (SSSR count). The molecule has 2 atom stereocenters. The Kier molecular flexibility index (Phi) is 4.31. The zero-order valence-corrected chi connectivity index (χ0v) is 8.47. The van der Waals surface area contributed by atoms with Crippen molar-refractivity contribution in [3.63, 3.8) is 0 Å². The van der Waals surface area contributed by atoms with Gasteiger partial charge in [-0.3, -0.25) is 4.90 Å². The third-order valence-corrected chi connectivity index (χ3v) is 2.48. The molecule has 0 bridgehead atoms. The molecule has 1 saturated heterocycles. The smallest absolute Gasteiger partial charge is 0.119 e. The zero-order valence-electron chi connectivity index (χ0n) is 7.58. The van der Waals surface area contributed by atoms with Gasteiger partial charge in [0.15, 0.2) is 0 Å². The van der Waals surface area contributed by atoms with E-state index in [1.165, 1.54) is 0 Å². The van der Waals surface area contributed by atoms with Gasteiger partial charge in [0.25, 0.3) is 0 Å². The second-order valence-electron chi connectivity index (χ2n) is 2.79. The molecule has 0 aromatic rings. The first-order valence-electron chi connectivity index (χ1n) is 4.23. The number of rotatable bonds is 4. The highest BCUT2D eigenvalue weighted by Gasteiger charge is 2.28. The summed E-state index contributed by atoms with van der Waals surface area (Å²) in [7, 11) is 1.72. The topological polar surface area (TPSA) is 36.5 Å². The van der Waals surface area contributed by atoms with Gasteiger partial charge >= 0.3 is 0 Å². The molecular weight excluding hydrogens is 174 g/mol. The molecule has 0 spiro atoms. The Morgan fingerprint density at radius 1 is 1.50 bits per heavy atom. The molecule has 1 fully saturated rings. The van der Waals surface area contributed by atoms with Crippen LogP contribution in [0.25, 0.3) is 0 Å². The maximum absolute atomic E-state index is 5.01. The molecule has 0 aromatic carbocycles. The standard InChI is InChI=1S/C7H17N3OS/c1-3-10-6(4-5-11-2)8-9-7(10)12/h6-9,12H,3-5H2,1-2H3. The normalized spacial score (nSPS) is 31.2. The SMILES string of the molecule is CCN1C(S)NNC1CCOC. The minimum absolute atomic E-state index is 0.122. The molecule has 0 saturated carbocycles. The summed E-state index contributed by atoms with van der Waals surface area (Å²) in [6.07, 6.45) is 1.33. The summed E-state index contributed by atoms with van der Waals surface area (Å²) in [5.74, 6) is 0. The van der Waals surface area contributed by atoms with E-state index in [9.17, 15) is 0 Å². The fourth-order valence-corrected chi connectivity index (χ4v) is 1.77. The van der Waals surface area contributed by atoms with Crippen molar-refractivity contribution < 1.29 is 4.74 Å². The molecular formula is C7H17N3OS. The van der Waals surface area contributed by atoms with Crippen molar-refractivity contribution in [3.05, 3.63) is 0 Å². The van der Waals surface area contributed by atoms with Gasteiger partial charge in [-0.2, -0.15) is 0 Å². The van der Waals surface area contributed by atoms with Crippen molar-refractivity contribution in [2.24, 2.45) is 0 Å². The molecule has 1 aliphatic rings. The van der Waals surface area contributed by atoms with Gasteiger partial charge in [-0.1, -0.05) is 6.92 Å². The largest absolute Gasteiger partial charge is 0.385 e. The van der Waals surface area contributed by atoms with E-state index in [4.69, 9.17) is 4.74 Å². The molecule has 4 nitrogen and oxygen atoms in total. The van der Waals surface area contributed by atoms with Crippen LogP contribution in [0.3, 0.4) is 0 Å². The molecule has 2 unspecified atom stereocenters. The van der Waals surface area contributed by atoms with E-state index >= 15 is 0 Å². The highest BCUT2D eigenvalue weighted by molar-refractivity contribution is 7.80. The fraction of sp³-hybridized carbons (Fsp3) is 1.00. The minimum Gasteiger partial charge on any atom is -0.385 e. The average molecular weight is 191 g/mol. The van der Waals surface area contributed by atoms with Crippen LogP contribution in [-0.2, 0) is 4.74 Å². The summed E-state index contributed by atoms with van der Waals surface area (Å²) >= 11 is 4.36. The fourth-order valence-electron chi connectivity index (χ4n) is 1.37. The van der Waals surface area contributed by atoms with Crippen LogP contribution in [0.5, 0.6) is 0 Å². The maximum atomic E-state index is 5.01. The summed E-state index contributed by atoms with van der Waals surface area (Å²) in [6, 6.07) is 0. The van der Waals surface area contributed by atoms with Crippen molar-refractivity contribution in [3.8, 4) is 0 Å². The summed E-state index contributed by atoms with van der Waals surface area (Å²) < 4.78 is 5.01. The third-order valence-electron chi connectivity index (χ3n) is 2.05. The van der Waals surface area contributed by atoms with Gasteiger partial charge in [0.05, 0.1) is 6.17 Å². The zero-order chi connectivity index (χ0) is 8.97. The highest BCUT2D eigenvalue weighted by Crippen LogP contribution is 2.12. The maximum Gasteiger partial charge on any atom is 0.119 e. The predicted octanol–water partition coefficient (Wildman–Crippen LogP) is -0.00790. The van der Waals surface area contributed by atoms with Crippen LogP contribution in [0.15, 0.2) is 0 Å². The van der Waals surface area contributed by atoms with Gasteiger partial charge < -0.3 is 4.74 Å². The monoisotopic (exact) mass is 191 g/mol. The first-order valence-corrected chi connectivity index (χ1v) is 4.75. The number of hydrazine groups is 1. The second kappa shape index (κ2) is 5.04. The van der Waals surface area contributed by atoms with Crippen LogP contribution >= 0.6 is 12.6 Å². The van der Waals surface area contributed by atoms with Crippen molar-refractivity contribution in [2.45, 2.75) is 25.0 Å². The van der Waals surface area contributed by atoms with E-state index in [0.29, 0.717) is 6.17 Å².